The molecule has 3 rings (SSSR count). The smallest absolute Gasteiger partial charge is 0.355 e. The van der Waals surface area contributed by atoms with Crippen LogP contribution in [0.5, 0.6) is 0 Å². The van der Waals surface area contributed by atoms with Crippen LogP contribution < -0.4 is 10.3 Å². The molecule has 0 radical (unpaired) electrons. The van der Waals surface area contributed by atoms with Crippen molar-refractivity contribution in [1.29, 1.82) is 0 Å². The standard InChI is InChI=1S/C14H12N4O6/c1-2-24-14(21)11-9-10(15-16-11)13(20)17(12(9)19)7-4-3-5-8(6-7)18(22)23/h3-6,9-10,15H,2H2,1H3/t9-,10+/m0/s1. The van der Waals surface area contributed by atoms with E-state index in [0.717, 1.165) is 11.0 Å². The minimum Gasteiger partial charge on any atom is -0.461 e. The zero-order valence-corrected chi connectivity index (χ0v) is 12.5. The molecule has 2 amide bonds. The summed E-state index contributed by atoms with van der Waals surface area (Å²) in [7, 11) is 0. The van der Waals surface area contributed by atoms with Gasteiger partial charge in [-0.2, -0.15) is 5.10 Å². The van der Waals surface area contributed by atoms with Crippen LogP contribution in [0.4, 0.5) is 11.4 Å². The molecule has 1 saturated heterocycles. The lowest BCUT2D eigenvalue weighted by atomic mass is 9.99. The van der Waals surface area contributed by atoms with E-state index in [9.17, 15) is 24.5 Å². The van der Waals surface area contributed by atoms with Gasteiger partial charge in [0.05, 0.1) is 17.2 Å². The Kier molecular flexibility index (Phi) is 3.72. The molecule has 10 heteroatoms. The lowest BCUT2D eigenvalue weighted by molar-refractivity contribution is -0.384. The number of ether oxygens (including phenoxy) is 1. The molecule has 0 saturated carbocycles. The van der Waals surface area contributed by atoms with Crippen molar-refractivity contribution in [3.05, 3.63) is 34.4 Å². The summed E-state index contributed by atoms with van der Waals surface area (Å²) >= 11 is 0. The first-order valence-electron chi connectivity index (χ1n) is 7.08. The molecule has 0 aliphatic carbocycles. The second kappa shape index (κ2) is 5.72. The van der Waals surface area contributed by atoms with Gasteiger partial charge in [-0.25, -0.2) is 9.69 Å². The predicted molar refractivity (Wildman–Crippen MR) is 80.1 cm³/mol. The number of esters is 1. The van der Waals surface area contributed by atoms with Gasteiger partial charge >= 0.3 is 5.97 Å². The molecule has 10 nitrogen and oxygen atoms in total. The van der Waals surface area contributed by atoms with Crippen LogP contribution in [0.3, 0.4) is 0 Å². The van der Waals surface area contributed by atoms with E-state index < -0.39 is 34.7 Å². The van der Waals surface area contributed by atoms with Crippen molar-refractivity contribution in [3.63, 3.8) is 0 Å². The molecule has 1 aromatic rings. The average Bonchev–Trinajstić information content (AvgIpc) is 3.09. The monoisotopic (exact) mass is 332 g/mol. The highest BCUT2D eigenvalue weighted by atomic mass is 16.6. The Morgan fingerprint density at radius 1 is 1.42 bits per heavy atom. The van der Waals surface area contributed by atoms with Crippen LogP contribution in [-0.4, -0.2) is 41.1 Å². The van der Waals surface area contributed by atoms with Crippen molar-refractivity contribution in [2.75, 3.05) is 11.5 Å². The number of nitrogens with zero attached hydrogens (tertiary/aromatic N) is 3. The van der Waals surface area contributed by atoms with Gasteiger partial charge in [-0.3, -0.25) is 25.1 Å². The Bertz CT molecular complexity index is 789. The number of nitro benzene ring substituents is 1. The number of imide groups is 1. The molecule has 2 heterocycles. The zero-order chi connectivity index (χ0) is 17.4. The van der Waals surface area contributed by atoms with Crippen LogP contribution in [0.25, 0.3) is 0 Å². The van der Waals surface area contributed by atoms with E-state index in [0.29, 0.717) is 0 Å². The molecule has 1 N–H and O–H groups in total. The quantitative estimate of drug-likeness (QED) is 0.354. The van der Waals surface area contributed by atoms with E-state index in [4.69, 9.17) is 4.74 Å². The summed E-state index contributed by atoms with van der Waals surface area (Å²) < 4.78 is 4.83. The molecule has 0 aromatic heterocycles. The van der Waals surface area contributed by atoms with E-state index in [2.05, 4.69) is 10.5 Å². The maximum atomic E-state index is 12.6. The number of rotatable bonds is 4. The first-order chi connectivity index (χ1) is 11.5. The third-order valence-corrected chi connectivity index (χ3v) is 3.71. The molecule has 0 spiro atoms. The van der Waals surface area contributed by atoms with Crippen molar-refractivity contribution in [3.8, 4) is 0 Å². The topological polar surface area (TPSA) is 131 Å². The largest absolute Gasteiger partial charge is 0.461 e. The summed E-state index contributed by atoms with van der Waals surface area (Å²) in [5.41, 5.74) is 2.11. The number of carbonyl (C=O) groups is 3. The second-order valence-electron chi connectivity index (χ2n) is 5.09. The first kappa shape index (κ1) is 15.6. The van der Waals surface area contributed by atoms with E-state index in [1.165, 1.54) is 18.2 Å². The molecule has 2 atom stereocenters. The molecule has 1 aromatic carbocycles. The van der Waals surface area contributed by atoms with Crippen LogP contribution >= 0.6 is 0 Å². The molecule has 1 fully saturated rings. The van der Waals surface area contributed by atoms with Gasteiger partial charge < -0.3 is 4.74 Å². The molecule has 0 bridgehead atoms. The number of hydrazone groups is 1. The average molecular weight is 332 g/mol. The molecule has 124 valence electrons. The number of amides is 2. The highest BCUT2D eigenvalue weighted by molar-refractivity contribution is 6.46. The normalized spacial score (nSPS) is 22.0. The Morgan fingerprint density at radius 3 is 2.83 bits per heavy atom. The number of anilines is 1. The lowest BCUT2D eigenvalue weighted by Crippen LogP contribution is -2.36. The summed E-state index contributed by atoms with van der Waals surface area (Å²) in [6.45, 7) is 1.71. The fraction of sp³-hybridized carbons (Fsp3) is 0.286. The van der Waals surface area contributed by atoms with Gasteiger partial charge in [-0.15, -0.1) is 0 Å². The van der Waals surface area contributed by atoms with Crippen LogP contribution in [0.15, 0.2) is 29.4 Å². The Hall–Kier alpha value is -3.30. The molecular weight excluding hydrogens is 320 g/mol. The van der Waals surface area contributed by atoms with Crippen molar-refractivity contribution >= 4 is 34.9 Å². The lowest BCUT2D eigenvalue weighted by Gasteiger charge is -2.15. The first-order valence-corrected chi connectivity index (χ1v) is 7.08. The summed E-state index contributed by atoms with van der Waals surface area (Å²) in [6.07, 6.45) is 0. The van der Waals surface area contributed by atoms with E-state index in [1.54, 1.807) is 6.92 Å². The molecule has 0 unspecified atom stereocenters. The summed E-state index contributed by atoms with van der Waals surface area (Å²) in [5, 5.41) is 14.6. The van der Waals surface area contributed by atoms with Gasteiger partial charge in [-0.05, 0) is 13.0 Å². The highest BCUT2D eigenvalue weighted by Gasteiger charge is 2.55. The third-order valence-electron chi connectivity index (χ3n) is 3.71. The Labute approximate surface area is 135 Å². The van der Waals surface area contributed by atoms with Gasteiger partial charge in [0.15, 0.2) is 5.71 Å². The van der Waals surface area contributed by atoms with Crippen LogP contribution in [-0.2, 0) is 19.1 Å². The SMILES string of the molecule is CCOC(=O)C1=NN[C@H]2C(=O)N(c3cccc([N+](=O)[O-])c3)C(=O)[C@H]12. The number of hydrogen-bond acceptors (Lipinski definition) is 8. The van der Waals surface area contributed by atoms with Crippen LogP contribution in [0.1, 0.15) is 6.92 Å². The number of benzene rings is 1. The number of hydrogen-bond donors (Lipinski definition) is 1. The number of nitrogens with one attached hydrogen (secondary N) is 1. The highest BCUT2D eigenvalue weighted by Crippen LogP contribution is 2.32. The van der Waals surface area contributed by atoms with E-state index in [-0.39, 0.29) is 23.7 Å². The van der Waals surface area contributed by atoms with Gasteiger partial charge in [0.25, 0.3) is 11.6 Å². The number of nitro groups is 1. The van der Waals surface area contributed by atoms with Gasteiger partial charge in [-0.1, -0.05) is 6.07 Å². The summed E-state index contributed by atoms with van der Waals surface area (Å²) in [4.78, 5) is 48.0. The van der Waals surface area contributed by atoms with Crippen molar-refractivity contribution < 1.29 is 24.0 Å². The fourth-order valence-electron chi connectivity index (χ4n) is 2.66. The molecule has 24 heavy (non-hydrogen) atoms. The zero-order valence-electron chi connectivity index (χ0n) is 12.5. The minimum absolute atomic E-state index is 0.0682. The van der Waals surface area contributed by atoms with Crippen LogP contribution in [0.2, 0.25) is 0 Å². The maximum Gasteiger partial charge on any atom is 0.355 e. The van der Waals surface area contributed by atoms with Crippen molar-refractivity contribution in [1.82, 2.24) is 5.43 Å². The van der Waals surface area contributed by atoms with Gasteiger partial charge in [0.1, 0.15) is 12.0 Å². The Morgan fingerprint density at radius 2 is 2.17 bits per heavy atom. The molecule has 2 aliphatic rings. The minimum atomic E-state index is -1.10. The third kappa shape index (κ3) is 2.28. The number of fused-ring (bicyclic) bond motifs is 1. The van der Waals surface area contributed by atoms with Gasteiger partial charge in [0, 0.05) is 12.1 Å². The van der Waals surface area contributed by atoms with Crippen molar-refractivity contribution in [2.24, 2.45) is 11.0 Å². The summed E-state index contributed by atoms with van der Waals surface area (Å²) in [5.74, 6) is -3.19. The molecular formula is C14H12N4O6. The molecule has 2 aliphatic heterocycles. The number of carbonyl (C=O) groups excluding carboxylic acids is 3. The van der Waals surface area contributed by atoms with Gasteiger partial charge in [0.2, 0.25) is 5.91 Å². The second-order valence-corrected chi connectivity index (χ2v) is 5.09. The Balaban J connectivity index is 1.94. The van der Waals surface area contributed by atoms with Crippen molar-refractivity contribution in [2.45, 2.75) is 13.0 Å². The maximum absolute atomic E-state index is 12.6. The van der Waals surface area contributed by atoms with E-state index in [1.807, 2.05) is 0 Å². The summed E-state index contributed by atoms with van der Waals surface area (Å²) in [6, 6.07) is 4.13. The number of non-ortho nitro benzene ring substituents is 1. The predicted octanol–water partition coefficient (Wildman–Crippen LogP) is -0.0249. The van der Waals surface area contributed by atoms with Crippen LogP contribution in [0, 0.1) is 16.0 Å². The fourth-order valence-corrected chi connectivity index (χ4v) is 2.66. The van der Waals surface area contributed by atoms with E-state index >= 15 is 0 Å².